The van der Waals surface area contributed by atoms with Gasteiger partial charge in [-0.25, -0.2) is 0 Å². The average molecular weight is 270 g/mol. The van der Waals surface area contributed by atoms with Gasteiger partial charge >= 0.3 is 0 Å². The van der Waals surface area contributed by atoms with E-state index in [2.05, 4.69) is 24.0 Å². The van der Waals surface area contributed by atoms with E-state index in [-0.39, 0.29) is 6.04 Å². The molecule has 0 unspecified atom stereocenters. The predicted molar refractivity (Wildman–Crippen MR) is 84.7 cm³/mol. The molecule has 2 aromatic carbocycles. The highest BCUT2D eigenvalue weighted by molar-refractivity contribution is 5.71. The summed E-state index contributed by atoms with van der Waals surface area (Å²) in [6.45, 7) is 2.10. The van der Waals surface area contributed by atoms with Crippen molar-refractivity contribution in [2.75, 3.05) is 19.1 Å². The molecule has 0 aliphatic rings. The molecule has 0 radical (unpaired) electrons. The van der Waals surface area contributed by atoms with Crippen LogP contribution in [-0.4, -0.2) is 14.2 Å². The second kappa shape index (κ2) is 6.44. The molecule has 20 heavy (non-hydrogen) atoms. The highest BCUT2D eigenvalue weighted by atomic mass is 16.5. The van der Waals surface area contributed by atoms with Crippen molar-refractivity contribution in [1.29, 1.82) is 0 Å². The van der Waals surface area contributed by atoms with E-state index in [1.807, 2.05) is 43.4 Å². The minimum absolute atomic E-state index is 0.0448. The minimum Gasteiger partial charge on any atom is -0.495 e. The molecule has 0 bridgehead atoms. The summed E-state index contributed by atoms with van der Waals surface area (Å²) < 4.78 is 5.44. The average Bonchev–Trinajstić information content (AvgIpc) is 2.53. The molecule has 0 fully saturated rings. The Labute approximate surface area is 121 Å². The van der Waals surface area contributed by atoms with Gasteiger partial charge in [-0.1, -0.05) is 37.3 Å². The SMILES string of the molecule is CC[C@@H](N)c1ccccc1N(C)c1ccccc1OC. The molecular weight excluding hydrogens is 248 g/mol. The van der Waals surface area contributed by atoms with E-state index in [4.69, 9.17) is 10.5 Å². The third-order valence-electron chi connectivity index (χ3n) is 3.58. The van der Waals surface area contributed by atoms with Gasteiger partial charge in [0.1, 0.15) is 5.75 Å². The van der Waals surface area contributed by atoms with Crippen LogP contribution in [0.3, 0.4) is 0 Å². The fourth-order valence-electron chi connectivity index (χ4n) is 2.36. The van der Waals surface area contributed by atoms with Crippen molar-refractivity contribution in [2.45, 2.75) is 19.4 Å². The monoisotopic (exact) mass is 270 g/mol. The maximum absolute atomic E-state index is 6.22. The number of nitrogens with zero attached hydrogens (tertiary/aromatic N) is 1. The van der Waals surface area contributed by atoms with Crippen LogP contribution in [0.25, 0.3) is 0 Å². The molecule has 2 rings (SSSR count). The van der Waals surface area contributed by atoms with E-state index in [0.29, 0.717) is 0 Å². The summed E-state index contributed by atoms with van der Waals surface area (Å²) >= 11 is 0. The summed E-state index contributed by atoms with van der Waals surface area (Å²) in [6, 6.07) is 16.3. The maximum atomic E-state index is 6.22. The van der Waals surface area contributed by atoms with Gasteiger partial charge in [-0.05, 0) is 30.2 Å². The molecule has 0 aliphatic carbocycles. The van der Waals surface area contributed by atoms with E-state index in [0.717, 1.165) is 29.1 Å². The third kappa shape index (κ3) is 2.78. The van der Waals surface area contributed by atoms with Crippen molar-refractivity contribution in [3.05, 3.63) is 54.1 Å². The second-order valence-corrected chi connectivity index (χ2v) is 4.80. The van der Waals surface area contributed by atoms with Crippen LogP contribution in [0.4, 0.5) is 11.4 Å². The van der Waals surface area contributed by atoms with Crippen LogP contribution in [0.1, 0.15) is 24.9 Å². The molecule has 0 aliphatic heterocycles. The Morgan fingerprint density at radius 3 is 2.30 bits per heavy atom. The first-order valence-electron chi connectivity index (χ1n) is 6.90. The van der Waals surface area contributed by atoms with Gasteiger partial charge in [-0.15, -0.1) is 0 Å². The van der Waals surface area contributed by atoms with Gasteiger partial charge in [0.25, 0.3) is 0 Å². The molecule has 2 N–H and O–H groups in total. The molecular formula is C17H22N2O. The van der Waals surface area contributed by atoms with Gasteiger partial charge in [0.15, 0.2) is 0 Å². The molecule has 0 saturated carbocycles. The first-order valence-corrected chi connectivity index (χ1v) is 6.90. The molecule has 3 heteroatoms. The van der Waals surface area contributed by atoms with E-state index >= 15 is 0 Å². The smallest absolute Gasteiger partial charge is 0.142 e. The van der Waals surface area contributed by atoms with Gasteiger partial charge in [0, 0.05) is 18.8 Å². The van der Waals surface area contributed by atoms with Crippen LogP contribution in [0.2, 0.25) is 0 Å². The Morgan fingerprint density at radius 1 is 1.05 bits per heavy atom. The van der Waals surface area contributed by atoms with Gasteiger partial charge in [-0.3, -0.25) is 0 Å². The standard InChI is InChI=1S/C17H22N2O/c1-4-14(18)13-9-5-6-10-15(13)19(2)16-11-7-8-12-17(16)20-3/h5-12,14H,4,18H2,1-3H3/t14-/m1/s1. The number of anilines is 2. The molecule has 0 heterocycles. The number of hydrogen-bond donors (Lipinski definition) is 1. The number of ether oxygens (including phenoxy) is 1. The first-order chi connectivity index (χ1) is 9.69. The van der Waals surface area contributed by atoms with Crippen LogP contribution >= 0.6 is 0 Å². The zero-order chi connectivity index (χ0) is 14.5. The third-order valence-corrected chi connectivity index (χ3v) is 3.58. The Morgan fingerprint density at radius 2 is 1.65 bits per heavy atom. The van der Waals surface area contributed by atoms with Crippen molar-refractivity contribution in [3.63, 3.8) is 0 Å². The van der Waals surface area contributed by atoms with Gasteiger partial charge in [0.05, 0.1) is 12.8 Å². The summed E-state index contributed by atoms with van der Waals surface area (Å²) in [5.74, 6) is 0.856. The Kier molecular flexibility index (Phi) is 4.64. The summed E-state index contributed by atoms with van der Waals surface area (Å²) in [4.78, 5) is 2.13. The lowest BCUT2D eigenvalue weighted by atomic mass is 10.0. The normalized spacial score (nSPS) is 12.0. The molecule has 0 saturated heterocycles. The quantitative estimate of drug-likeness (QED) is 0.896. The molecule has 2 aromatic rings. The maximum Gasteiger partial charge on any atom is 0.142 e. The lowest BCUT2D eigenvalue weighted by molar-refractivity contribution is 0.415. The number of nitrogens with two attached hydrogens (primary N) is 1. The Hall–Kier alpha value is -2.00. The lowest BCUT2D eigenvalue weighted by Gasteiger charge is -2.26. The number of para-hydroxylation sites is 3. The van der Waals surface area contributed by atoms with Gasteiger partial charge in [-0.2, -0.15) is 0 Å². The minimum atomic E-state index is 0.0448. The lowest BCUT2D eigenvalue weighted by Crippen LogP contribution is -2.17. The Balaban J connectivity index is 2.45. The van der Waals surface area contributed by atoms with Crippen LogP contribution in [-0.2, 0) is 0 Å². The highest BCUT2D eigenvalue weighted by Gasteiger charge is 2.15. The number of methoxy groups -OCH3 is 1. The first kappa shape index (κ1) is 14.4. The molecule has 1 atom stereocenters. The Bertz CT molecular complexity index is 568. The zero-order valence-corrected chi connectivity index (χ0v) is 12.3. The summed E-state index contributed by atoms with van der Waals surface area (Å²) in [5.41, 5.74) is 9.53. The van der Waals surface area contributed by atoms with E-state index in [1.54, 1.807) is 7.11 Å². The van der Waals surface area contributed by atoms with Gasteiger partial charge < -0.3 is 15.4 Å². The molecule has 3 nitrogen and oxygen atoms in total. The number of rotatable bonds is 5. The van der Waals surface area contributed by atoms with Crippen LogP contribution in [0, 0.1) is 0 Å². The summed E-state index contributed by atoms with van der Waals surface area (Å²) in [5, 5.41) is 0. The molecule has 0 aromatic heterocycles. The fourth-order valence-corrected chi connectivity index (χ4v) is 2.36. The number of hydrogen-bond acceptors (Lipinski definition) is 3. The summed E-state index contributed by atoms with van der Waals surface area (Å²) in [7, 11) is 3.73. The largest absolute Gasteiger partial charge is 0.495 e. The highest BCUT2D eigenvalue weighted by Crippen LogP contribution is 2.35. The predicted octanol–water partition coefficient (Wildman–Crippen LogP) is 3.87. The van der Waals surface area contributed by atoms with E-state index in [9.17, 15) is 0 Å². The van der Waals surface area contributed by atoms with Crippen LogP contribution in [0.15, 0.2) is 48.5 Å². The van der Waals surface area contributed by atoms with Crippen LogP contribution < -0.4 is 15.4 Å². The molecule has 106 valence electrons. The van der Waals surface area contributed by atoms with Crippen molar-refractivity contribution in [2.24, 2.45) is 5.73 Å². The second-order valence-electron chi connectivity index (χ2n) is 4.80. The van der Waals surface area contributed by atoms with Gasteiger partial charge in [0.2, 0.25) is 0 Å². The van der Waals surface area contributed by atoms with E-state index in [1.165, 1.54) is 0 Å². The van der Waals surface area contributed by atoms with Crippen molar-refractivity contribution in [3.8, 4) is 5.75 Å². The van der Waals surface area contributed by atoms with Crippen LogP contribution in [0.5, 0.6) is 5.75 Å². The van der Waals surface area contributed by atoms with Crippen molar-refractivity contribution >= 4 is 11.4 Å². The number of benzene rings is 2. The fraction of sp³-hybridized carbons (Fsp3) is 0.294. The molecule has 0 amide bonds. The summed E-state index contributed by atoms with van der Waals surface area (Å²) in [6.07, 6.45) is 0.913. The molecule has 0 spiro atoms. The van der Waals surface area contributed by atoms with Crippen molar-refractivity contribution < 1.29 is 4.74 Å². The zero-order valence-electron chi connectivity index (χ0n) is 12.3. The topological polar surface area (TPSA) is 38.5 Å². The van der Waals surface area contributed by atoms with E-state index < -0.39 is 0 Å². The van der Waals surface area contributed by atoms with Crippen molar-refractivity contribution in [1.82, 2.24) is 0 Å².